The Kier molecular flexibility index (Phi) is 6.90. The number of carbonyl (C=O) groups excluding carboxylic acids is 2. The van der Waals surface area contributed by atoms with Gasteiger partial charge in [0.2, 0.25) is 5.91 Å². The van der Waals surface area contributed by atoms with Gasteiger partial charge in [0.05, 0.1) is 19.8 Å². The Bertz CT molecular complexity index is 896. The first-order valence-electron chi connectivity index (χ1n) is 10.6. The van der Waals surface area contributed by atoms with Gasteiger partial charge >= 0.3 is 6.09 Å². The summed E-state index contributed by atoms with van der Waals surface area (Å²) < 4.78 is 16.6. The molecule has 1 N–H and O–H groups in total. The van der Waals surface area contributed by atoms with E-state index in [9.17, 15) is 9.59 Å². The van der Waals surface area contributed by atoms with Crippen molar-refractivity contribution in [2.75, 3.05) is 26.8 Å². The van der Waals surface area contributed by atoms with Gasteiger partial charge in [0.25, 0.3) is 0 Å². The van der Waals surface area contributed by atoms with E-state index in [1.54, 1.807) is 12.0 Å². The molecule has 1 aliphatic rings. The van der Waals surface area contributed by atoms with Gasteiger partial charge < -0.3 is 24.1 Å². The first-order chi connectivity index (χ1) is 14.3. The molecule has 30 heavy (non-hydrogen) atoms. The number of carbonyl (C=O) groups is 2. The van der Waals surface area contributed by atoms with Crippen LogP contribution in [0.3, 0.4) is 0 Å². The molecule has 2 aromatic rings. The van der Waals surface area contributed by atoms with Crippen molar-refractivity contribution in [1.82, 2.24) is 10.2 Å². The number of amides is 2. The fourth-order valence-corrected chi connectivity index (χ4v) is 3.81. The molecule has 1 aliphatic heterocycles. The van der Waals surface area contributed by atoms with Crippen molar-refractivity contribution >= 4 is 23.0 Å². The lowest BCUT2D eigenvalue weighted by Gasteiger charge is -2.31. The summed E-state index contributed by atoms with van der Waals surface area (Å²) in [5, 5.41) is 4.07. The van der Waals surface area contributed by atoms with E-state index >= 15 is 0 Å². The zero-order valence-electron chi connectivity index (χ0n) is 18.5. The van der Waals surface area contributed by atoms with E-state index < -0.39 is 0 Å². The Balaban J connectivity index is 1.57. The molecular weight excluding hydrogens is 384 g/mol. The van der Waals surface area contributed by atoms with Gasteiger partial charge in [-0.15, -0.1) is 0 Å². The molecule has 1 aromatic heterocycles. The number of rotatable bonds is 6. The van der Waals surface area contributed by atoms with E-state index in [2.05, 4.69) is 5.32 Å². The summed E-state index contributed by atoms with van der Waals surface area (Å²) in [6.07, 6.45) is 0.973. The van der Waals surface area contributed by atoms with E-state index in [0.717, 1.165) is 28.0 Å². The number of fused-ring (bicyclic) bond motifs is 1. The van der Waals surface area contributed by atoms with Crippen LogP contribution in [0.2, 0.25) is 0 Å². The van der Waals surface area contributed by atoms with Gasteiger partial charge in [-0.2, -0.15) is 0 Å². The predicted octanol–water partition coefficient (Wildman–Crippen LogP) is 4.43. The number of aryl methyl sites for hydroxylation is 1. The largest absolute Gasteiger partial charge is 0.497 e. The number of nitrogens with zero attached hydrogens (tertiary/aromatic N) is 1. The first-order valence-corrected chi connectivity index (χ1v) is 10.6. The minimum absolute atomic E-state index is 0.00451. The molecule has 7 nitrogen and oxygen atoms in total. The minimum atomic E-state index is -0.288. The third kappa shape index (κ3) is 4.89. The summed E-state index contributed by atoms with van der Waals surface area (Å²) in [6.45, 7) is 9.42. The van der Waals surface area contributed by atoms with E-state index in [4.69, 9.17) is 13.9 Å². The number of likely N-dealkylation sites (tertiary alicyclic amines) is 1. The molecule has 7 heteroatoms. The van der Waals surface area contributed by atoms with Crippen LogP contribution in [0.5, 0.6) is 5.75 Å². The molecule has 1 aromatic carbocycles. The maximum Gasteiger partial charge on any atom is 0.409 e. The number of ether oxygens (including phenoxy) is 2. The van der Waals surface area contributed by atoms with Crippen LogP contribution < -0.4 is 10.1 Å². The summed E-state index contributed by atoms with van der Waals surface area (Å²) >= 11 is 0. The number of nitrogens with one attached hydrogen (secondary N) is 1. The zero-order chi connectivity index (χ0) is 21.8. The maximum atomic E-state index is 12.8. The van der Waals surface area contributed by atoms with Crippen LogP contribution in [-0.2, 0) is 9.53 Å². The van der Waals surface area contributed by atoms with Crippen molar-refractivity contribution in [3.63, 3.8) is 0 Å². The second-order valence-corrected chi connectivity index (χ2v) is 8.42. The molecule has 0 saturated carbocycles. The highest BCUT2D eigenvalue weighted by atomic mass is 16.6. The molecule has 1 atom stereocenters. The lowest BCUT2D eigenvalue weighted by Crippen LogP contribution is -2.43. The van der Waals surface area contributed by atoms with Gasteiger partial charge in [-0.25, -0.2) is 4.79 Å². The second-order valence-electron chi connectivity index (χ2n) is 8.42. The van der Waals surface area contributed by atoms with Crippen LogP contribution in [0.4, 0.5) is 4.79 Å². The fourth-order valence-electron chi connectivity index (χ4n) is 3.81. The first kappa shape index (κ1) is 22.0. The third-order valence-corrected chi connectivity index (χ3v) is 5.60. The van der Waals surface area contributed by atoms with E-state index in [1.165, 1.54) is 0 Å². The van der Waals surface area contributed by atoms with Crippen molar-refractivity contribution in [3.05, 3.63) is 29.5 Å². The SMILES string of the molecule is COc1ccc2oc(C(C)NC(=O)C3CCN(C(=O)OCC(C)C)CC3)c(C)c2c1. The topological polar surface area (TPSA) is 81.0 Å². The predicted molar refractivity (Wildman–Crippen MR) is 115 cm³/mol. The van der Waals surface area contributed by atoms with E-state index in [-0.39, 0.29) is 24.0 Å². The fraction of sp³-hybridized carbons (Fsp3) is 0.565. The highest BCUT2D eigenvalue weighted by Crippen LogP contribution is 2.32. The minimum Gasteiger partial charge on any atom is -0.497 e. The van der Waals surface area contributed by atoms with Crippen molar-refractivity contribution in [2.45, 2.75) is 46.6 Å². The van der Waals surface area contributed by atoms with Crippen LogP contribution in [-0.4, -0.2) is 43.7 Å². The van der Waals surface area contributed by atoms with Gasteiger partial charge in [0.1, 0.15) is 17.1 Å². The average Bonchev–Trinajstić information content (AvgIpc) is 3.08. The number of benzene rings is 1. The zero-order valence-corrected chi connectivity index (χ0v) is 18.5. The molecule has 1 saturated heterocycles. The summed E-state index contributed by atoms with van der Waals surface area (Å²) in [5.74, 6) is 1.71. The molecule has 0 spiro atoms. The monoisotopic (exact) mass is 416 g/mol. The van der Waals surface area contributed by atoms with E-state index in [0.29, 0.717) is 38.5 Å². The number of hydrogen-bond donors (Lipinski definition) is 1. The molecular formula is C23H32N2O5. The summed E-state index contributed by atoms with van der Waals surface area (Å²) in [6, 6.07) is 5.44. The van der Waals surface area contributed by atoms with Crippen LogP contribution >= 0.6 is 0 Å². The lowest BCUT2D eigenvalue weighted by molar-refractivity contribution is -0.127. The van der Waals surface area contributed by atoms with Crippen LogP contribution in [0.25, 0.3) is 11.0 Å². The molecule has 0 aliphatic carbocycles. The van der Waals surface area contributed by atoms with E-state index in [1.807, 2.05) is 45.9 Å². The molecule has 1 unspecified atom stereocenters. The average molecular weight is 417 g/mol. The normalized spacial score (nSPS) is 16.0. The van der Waals surface area contributed by atoms with Gasteiger partial charge in [0.15, 0.2) is 0 Å². The Morgan fingerprint density at radius 3 is 2.57 bits per heavy atom. The lowest BCUT2D eigenvalue weighted by atomic mass is 9.95. The van der Waals surface area contributed by atoms with Crippen LogP contribution in [0, 0.1) is 18.8 Å². The molecule has 2 heterocycles. The Morgan fingerprint density at radius 2 is 1.93 bits per heavy atom. The molecule has 164 valence electrons. The third-order valence-electron chi connectivity index (χ3n) is 5.60. The van der Waals surface area contributed by atoms with Crippen molar-refractivity contribution in [3.8, 4) is 5.75 Å². The number of methoxy groups -OCH3 is 1. The van der Waals surface area contributed by atoms with Crippen LogP contribution in [0.1, 0.15) is 51.0 Å². The molecule has 0 radical (unpaired) electrons. The van der Waals surface area contributed by atoms with Crippen molar-refractivity contribution in [2.24, 2.45) is 11.8 Å². The summed E-state index contributed by atoms with van der Waals surface area (Å²) in [4.78, 5) is 26.6. The van der Waals surface area contributed by atoms with Crippen molar-refractivity contribution < 1.29 is 23.5 Å². The number of furan rings is 1. The molecule has 3 rings (SSSR count). The summed E-state index contributed by atoms with van der Waals surface area (Å²) in [5.41, 5.74) is 1.78. The standard InChI is InChI=1S/C23H32N2O5/c1-14(2)13-29-23(27)25-10-8-17(9-11-25)22(26)24-16(4)21-15(3)19-12-18(28-5)6-7-20(19)30-21/h6-7,12,14,16-17H,8-11,13H2,1-5H3,(H,24,26). The smallest absolute Gasteiger partial charge is 0.409 e. The Hall–Kier alpha value is -2.70. The van der Waals surface area contributed by atoms with Gasteiger partial charge in [0, 0.05) is 30.0 Å². The molecule has 2 amide bonds. The van der Waals surface area contributed by atoms with Crippen LogP contribution in [0.15, 0.2) is 22.6 Å². The Labute approximate surface area is 177 Å². The number of piperidine rings is 1. The van der Waals surface area contributed by atoms with Gasteiger partial charge in [-0.05, 0) is 50.8 Å². The quantitative estimate of drug-likeness (QED) is 0.753. The van der Waals surface area contributed by atoms with Gasteiger partial charge in [-0.3, -0.25) is 4.79 Å². The number of hydrogen-bond acceptors (Lipinski definition) is 5. The molecule has 1 fully saturated rings. The van der Waals surface area contributed by atoms with Crippen molar-refractivity contribution in [1.29, 1.82) is 0 Å². The Morgan fingerprint density at radius 1 is 1.23 bits per heavy atom. The van der Waals surface area contributed by atoms with Gasteiger partial charge in [-0.1, -0.05) is 13.8 Å². The molecule has 0 bridgehead atoms. The highest BCUT2D eigenvalue weighted by Gasteiger charge is 2.29. The second kappa shape index (κ2) is 9.41. The highest BCUT2D eigenvalue weighted by molar-refractivity contribution is 5.84. The maximum absolute atomic E-state index is 12.8. The summed E-state index contributed by atoms with van der Waals surface area (Å²) in [7, 11) is 1.63.